The van der Waals surface area contributed by atoms with Crippen molar-refractivity contribution in [2.45, 2.75) is 25.0 Å². The molecular formula is C22H31N5O3S. The summed E-state index contributed by atoms with van der Waals surface area (Å²) in [5.74, 6) is 0.747. The molecule has 2 saturated heterocycles. The number of methoxy groups -OCH3 is 1. The summed E-state index contributed by atoms with van der Waals surface area (Å²) in [6.07, 6.45) is 0.974. The summed E-state index contributed by atoms with van der Waals surface area (Å²) in [6, 6.07) is 7.10. The third-order valence-electron chi connectivity index (χ3n) is 6.20. The van der Waals surface area contributed by atoms with Gasteiger partial charge in [0.1, 0.15) is 16.4 Å². The van der Waals surface area contributed by atoms with Crippen molar-refractivity contribution in [2.75, 3.05) is 58.7 Å². The normalized spacial score (nSPS) is 19.9. The van der Waals surface area contributed by atoms with Crippen LogP contribution in [0.25, 0.3) is 0 Å². The van der Waals surface area contributed by atoms with Gasteiger partial charge in [-0.3, -0.25) is 4.90 Å². The van der Waals surface area contributed by atoms with Crippen molar-refractivity contribution >= 4 is 23.1 Å². The van der Waals surface area contributed by atoms with E-state index in [2.05, 4.69) is 22.2 Å². The lowest BCUT2D eigenvalue weighted by Crippen LogP contribution is -2.46. The first-order valence-corrected chi connectivity index (χ1v) is 11.6. The molecule has 0 aliphatic carbocycles. The number of piperidine rings is 1. The van der Waals surface area contributed by atoms with Crippen LogP contribution in [0.15, 0.2) is 29.6 Å². The number of likely N-dealkylation sites (N-methyl/N-ethyl adjacent to an activating group) is 1. The quantitative estimate of drug-likeness (QED) is 0.736. The molecule has 168 valence electrons. The first-order valence-electron chi connectivity index (χ1n) is 10.7. The Bertz CT molecular complexity index is 872. The van der Waals surface area contributed by atoms with E-state index in [1.54, 1.807) is 23.3 Å². The van der Waals surface area contributed by atoms with Crippen LogP contribution in [0.2, 0.25) is 0 Å². The van der Waals surface area contributed by atoms with Crippen molar-refractivity contribution in [2.24, 2.45) is 0 Å². The van der Waals surface area contributed by atoms with E-state index in [4.69, 9.17) is 9.72 Å². The minimum Gasteiger partial charge on any atom is -0.497 e. The number of anilines is 1. The molecule has 2 fully saturated rings. The van der Waals surface area contributed by atoms with Crippen molar-refractivity contribution in [3.8, 4) is 5.75 Å². The van der Waals surface area contributed by atoms with Gasteiger partial charge < -0.3 is 25.0 Å². The number of likely N-dealkylation sites (tertiary alicyclic amines) is 1. The Morgan fingerprint density at radius 2 is 1.84 bits per heavy atom. The Kier molecular flexibility index (Phi) is 6.76. The van der Waals surface area contributed by atoms with Crippen LogP contribution in [0.4, 0.5) is 10.5 Å². The number of piperazine rings is 1. The van der Waals surface area contributed by atoms with Gasteiger partial charge in [-0.2, -0.15) is 0 Å². The zero-order chi connectivity index (χ0) is 21.8. The molecule has 0 saturated carbocycles. The monoisotopic (exact) mass is 445 g/mol. The Hall–Kier alpha value is -2.20. The Morgan fingerprint density at radius 3 is 2.48 bits per heavy atom. The number of thiazole rings is 1. The van der Waals surface area contributed by atoms with Crippen LogP contribution in [0.3, 0.4) is 0 Å². The molecule has 0 bridgehead atoms. The molecule has 1 aromatic carbocycles. The molecular weight excluding hydrogens is 414 g/mol. The largest absolute Gasteiger partial charge is 0.497 e. The number of nitrogens with zero attached hydrogens (tertiary/aromatic N) is 4. The smallest absolute Gasteiger partial charge is 0.321 e. The van der Waals surface area contributed by atoms with Gasteiger partial charge in [-0.1, -0.05) is 0 Å². The minimum atomic E-state index is -0.965. The highest BCUT2D eigenvalue weighted by atomic mass is 32.1. The lowest BCUT2D eigenvalue weighted by Gasteiger charge is -2.37. The third-order valence-corrected chi connectivity index (χ3v) is 7.04. The molecule has 9 heteroatoms. The van der Waals surface area contributed by atoms with Crippen LogP contribution >= 0.6 is 11.3 Å². The number of carbonyl (C=O) groups is 1. The van der Waals surface area contributed by atoms with Crippen molar-refractivity contribution in [3.63, 3.8) is 0 Å². The molecule has 0 spiro atoms. The number of rotatable bonds is 5. The highest BCUT2D eigenvalue weighted by Crippen LogP contribution is 2.34. The van der Waals surface area contributed by atoms with Crippen LogP contribution in [0.5, 0.6) is 5.75 Å². The standard InChI is InChI=1S/C22H31N5O3S/c1-25-11-13-26(14-12-25)15-20-24-19(16-31-20)22(29)7-9-27(10-8-22)21(28)23-17-3-5-18(30-2)6-4-17/h3-6,16,29H,7-15H2,1-2H3,(H,23,28). The maximum Gasteiger partial charge on any atom is 0.321 e. The number of aromatic nitrogens is 1. The van der Waals surface area contributed by atoms with Crippen molar-refractivity contribution in [3.05, 3.63) is 40.3 Å². The molecule has 8 nitrogen and oxygen atoms in total. The van der Waals surface area contributed by atoms with Crippen LogP contribution in [0.1, 0.15) is 23.5 Å². The highest BCUT2D eigenvalue weighted by Gasteiger charge is 2.37. The predicted octanol–water partition coefficient (Wildman–Crippen LogP) is 2.41. The number of amides is 2. The zero-order valence-electron chi connectivity index (χ0n) is 18.2. The van der Waals surface area contributed by atoms with Gasteiger partial charge in [-0.25, -0.2) is 9.78 Å². The van der Waals surface area contributed by atoms with Gasteiger partial charge in [0.2, 0.25) is 0 Å². The van der Waals surface area contributed by atoms with Crippen LogP contribution in [-0.4, -0.2) is 84.2 Å². The van der Waals surface area contributed by atoms with Crippen LogP contribution < -0.4 is 10.1 Å². The highest BCUT2D eigenvalue weighted by molar-refractivity contribution is 7.09. The van der Waals surface area contributed by atoms with E-state index in [9.17, 15) is 9.90 Å². The maximum absolute atomic E-state index is 12.6. The van der Waals surface area contributed by atoms with Gasteiger partial charge in [-0.05, 0) is 44.2 Å². The fraction of sp³-hybridized carbons (Fsp3) is 0.545. The van der Waals surface area contributed by atoms with E-state index in [1.807, 2.05) is 29.6 Å². The summed E-state index contributed by atoms with van der Waals surface area (Å²) in [7, 11) is 3.76. The van der Waals surface area contributed by atoms with E-state index in [0.717, 1.165) is 54.9 Å². The molecule has 4 rings (SSSR count). The summed E-state index contributed by atoms with van der Waals surface area (Å²) in [6.45, 7) is 6.08. The molecule has 0 radical (unpaired) electrons. The number of ether oxygens (including phenoxy) is 1. The summed E-state index contributed by atoms with van der Waals surface area (Å²) in [5, 5.41) is 17.1. The molecule has 0 unspecified atom stereocenters. The maximum atomic E-state index is 12.6. The predicted molar refractivity (Wildman–Crippen MR) is 122 cm³/mol. The van der Waals surface area contributed by atoms with Crippen molar-refractivity contribution in [1.29, 1.82) is 0 Å². The van der Waals surface area contributed by atoms with Gasteiger partial charge in [0, 0.05) is 50.3 Å². The lowest BCUT2D eigenvalue weighted by molar-refractivity contribution is -0.0190. The average Bonchev–Trinajstić information content (AvgIpc) is 3.26. The molecule has 3 heterocycles. The van der Waals surface area contributed by atoms with Gasteiger partial charge in [0.15, 0.2) is 0 Å². The molecule has 1 aromatic heterocycles. The minimum absolute atomic E-state index is 0.152. The molecule has 2 amide bonds. The van der Waals surface area contributed by atoms with Gasteiger partial charge in [-0.15, -0.1) is 11.3 Å². The number of hydrogen-bond acceptors (Lipinski definition) is 7. The number of carbonyl (C=O) groups excluding carboxylic acids is 1. The average molecular weight is 446 g/mol. The Balaban J connectivity index is 1.30. The molecule has 2 aromatic rings. The summed E-state index contributed by atoms with van der Waals surface area (Å²) < 4.78 is 5.14. The van der Waals surface area contributed by atoms with Gasteiger partial charge in [0.25, 0.3) is 0 Å². The Morgan fingerprint density at radius 1 is 1.16 bits per heavy atom. The van der Waals surface area contributed by atoms with E-state index in [-0.39, 0.29) is 6.03 Å². The second kappa shape index (κ2) is 9.52. The second-order valence-electron chi connectivity index (χ2n) is 8.38. The first kappa shape index (κ1) is 22.0. The summed E-state index contributed by atoms with van der Waals surface area (Å²) >= 11 is 1.62. The molecule has 2 N–H and O–H groups in total. The van der Waals surface area contributed by atoms with Crippen LogP contribution in [-0.2, 0) is 12.1 Å². The first-order chi connectivity index (χ1) is 14.9. The molecule has 2 aliphatic heterocycles. The van der Waals surface area contributed by atoms with E-state index in [0.29, 0.717) is 25.9 Å². The van der Waals surface area contributed by atoms with Gasteiger partial charge >= 0.3 is 6.03 Å². The summed E-state index contributed by atoms with van der Waals surface area (Å²) in [5.41, 5.74) is 0.504. The van der Waals surface area contributed by atoms with Crippen molar-refractivity contribution < 1.29 is 14.6 Å². The number of benzene rings is 1. The summed E-state index contributed by atoms with van der Waals surface area (Å²) in [4.78, 5) is 23.9. The number of urea groups is 1. The molecule has 2 aliphatic rings. The van der Waals surface area contributed by atoms with E-state index >= 15 is 0 Å². The molecule has 0 atom stereocenters. The molecule has 31 heavy (non-hydrogen) atoms. The topological polar surface area (TPSA) is 81.2 Å². The fourth-order valence-corrected chi connectivity index (χ4v) is 4.94. The van der Waals surface area contributed by atoms with Crippen LogP contribution in [0, 0.1) is 0 Å². The van der Waals surface area contributed by atoms with E-state index in [1.165, 1.54) is 0 Å². The Labute approximate surface area is 187 Å². The number of hydrogen-bond donors (Lipinski definition) is 2. The van der Waals surface area contributed by atoms with Gasteiger partial charge in [0.05, 0.1) is 19.3 Å². The fourth-order valence-electron chi connectivity index (χ4n) is 4.01. The van der Waals surface area contributed by atoms with E-state index < -0.39 is 5.60 Å². The number of nitrogens with one attached hydrogen (secondary N) is 1. The van der Waals surface area contributed by atoms with Crippen molar-refractivity contribution in [1.82, 2.24) is 19.7 Å². The lowest BCUT2D eigenvalue weighted by atomic mass is 9.89. The third kappa shape index (κ3) is 5.35. The zero-order valence-corrected chi connectivity index (χ0v) is 19.0. The number of aliphatic hydroxyl groups is 1. The SMILES string of the molecule is COc1ccc(NC(=O)N2CCC(O)(c3csc(CN4CCN(C)CC4)n3)CC2)cc1. The second-order valence-corrected chi connectivity index (χ2v) is 9.33.